The van der Waals surface area contributed by atoms with Gasteiger partial charge in [-0.2, -0.15) is 5.10 Å². The molecule has 0 saturated heterocycles. The van der Waals surface area contributed by atoms with E-state index in [-0.39, 0.29) is 11.3 Å². The van der Waals surface area contributed by atoms with E-state index in [4.69, 9.17) is 14.2 Å². The molecule has 0 saturated carbocycles. The van der Waals surface area contributed by atoms with Gasteiger partial charge >= 0.3 is 5.97 Å². The van der Waals surface area contributed by atoms with Gasteiger partial charge in [0.2, 0.25) is 0 Å². The van der Waals surface area contributed by atoms with Crippen LogP contribution in [-0.4, -0.2) is 38.8 Å². The fourth-order valence-corrected chi connectivity index (χ4v) is 3.69. The molecule has 166 valence electrons. The molecule has 33 heavy (non-hydrogen) atoms. The van der Waals surface area contributed by atoms with Crippen LogP contribution in [0.2, 0.25) is 0 Å². The number of carbonyl (C=O) groups is 2. The number of hydrazone groups is 1. The lowest BCUT2D eigenvalue weighted by Crippen LogP contribution is -2.20. The minimum absolute atomic E-state index is 0.110. The van der Waals surface area contributed by atoms with E-state index >= 15 is 0 Å². The molecule has 0 bridgehead atoms. The molecular weight excluding hydrogens is 420 g/mol. The average molecular weight is 442 g/mol. The van der Waals surface area contributed by atoms with Crippen LogP contribution >= 0.6 is 0 Å². The van der Waals surface area contributed by atoms with E-state index in [2.05, 4.69) is 10.5 Å². The molecule has 0 radical (unpaired) electrons. The first-order chi connectivity index (χ1) is 16.1. The Hall–Kier alpha value is -4.39. The predicted molar refractivity (Wildman–Crippen MR) is 125 cm³/mol. The summed E-state index contributed by atoms with van der Waals surface area (Å²) in [5, 5.41) is 4.49. The third kappa shape index (κ3) is 4.21. The van der Waals surface area contributed by atoms with Crippen LogP contribution in [0.3, 0.4) is 0 Å². The Morgan fingerprint density at radius 1 is 0.818 bits per heavy atom. The quantitative estimate of drug-likeness (QED) is 0.202. The van der Waals surface area contributed by atoms with Crippen LogP contribution in [-0.2, 0) is 9.53 Å². The lowest BCUT2D eigenvalue weighted by molar-refractivity contribution is -0.136. The predicted octanol–water partition coefficient (Wildman–Crippen LogP) is 3.97. The second kappa shape index (κ2) is 9.40. The molecule has 3 aromatic rings. The molecule has 0 aliphatic heterocycles. The maximum atomic E-state index is 13.0. The van der Waals surface area contributed by atoms with Gasteiger partial charge in [0.25, 0.3) is 0 Å². The molecular formula is C26H22N2O5. The molecule has 0 aromatic heterocycles. The number of allylic oxidation sites excluding steroid dienone is 1. The van der Waals surface area contributed by atoms with Crippen LogP contribution in [0.5, 0.6) is 11.5 Å². The van der Waals surface area contributed by atoms with E-state index < -0.39 is 11.8 Å². The second-order valence-electron chi connectivity index (χ2n) is 7.14. The van der Waals surface area contributed by atoms with Gasteiger partial charge in [-0.15, -0.1) is 0 Å². The minimum Gasteiger partial charge on any atom is -0.497 e. The summed E-state index contributed by atoms with van der Waals surface area (Å²) in [6.07, 6.45) is 1.14. The molecule has 1 aliphatic rings. The van der Waals surface area contributed by atoms with Gasteiger partial charge in [0, 0.05) is 17.2 Å². The zero-order valence-electron chi connectivity index (χ0n) is 18.4. The van der Waals surface area contributed by atoms with Crippen LogP contribution in [0.25, 0.3) is 11.1 Å². The maximum Gasteiger partial charge on any atom is 0.356 e. The van der Waals surface area contributed by atoms with Crippen molar-refractivity contribution in [3.05, 3.63) is 95.2 Å². The maximum absolute atomic E-state index is 13.0. The highest BCUT2D eigenvalue weighted by Gasteiger charge is 2.25. The summed E-state index contributed by atoms with van der Waals surface area (Å²) < 4.78 is 15.3. The molecule has 0 unspecified atom stereocenters. The van der Waals surface area contributed by atoms with E-state index in [0.29, 0.717) is 17.2 Å². The number of fused-ring (bicyclic) bond motifs is 3. The molecule has 1 N–H and O–H groups in total. The van der Waals surface area contributed by atoms with Crippen LogP contribution in [0.4, 0.5) is 0 Å². The highest BCUT2D eigenvalue weighted by Crippen LogP contribution is 2.36. The van der Waals surface area contributed by atoms with Crippen LogP contribution in [0.15, 0.2) is 83.6 Å². The third-order valence-electron chi connectivity index (χ3n) is 5.30. The zero-order chi connectivity index (χ0) is 23.4. The Morgan fingerprint density at radius 2 is 1.42 bits per heavy atom. The molecule has 0 fully saturated rings. The number of methoxy groups -OCH3 is 3. The van der Waals surface area contributed by atoms with Gasteiger partial charge < -0.3 is 14.2 Å². The molecule has 7 heteroatoms. The van der Waals surface area contributed by atoms with Crippen molar-refractivity contribution >= 4 is 17.5 Å². The minimum atomic E-state index is -0.728. The number of hydrogen-bond acceptors (Lipinski definition) is 7. The van der Waals surface area contributed by atoms with E-state index in [1.807, 2.05) is 48.5 Å². The SMILES string of the molecule is COC(=O)C(=CC(=O)c1cc(OC)ccc1OC)NN=C1c2ccccc2-c2ccccc21. The Balaban J connectivity index is 1.72. The Bertz CT molecular complexity index is 1250. The number of esters is 1. The number of nitrogens with zero attached hydrogens (tertiary/aromatic N) is 1. The van der Waals surface area contributed by atoms with Gasteiger partial charge in [-0.1, -0.05) is 48.5 Å². The van der Waals surface area contributed by atoms with Crippen molar-refractivity contribution < 1.29 is 23.8 Å². The van der Waals surface area contributed by atoms with Gasteiger partial charge in [0.15, 0.2) is 5.78 Å². The molecule has 0 spiro atoms. The molecule has 3 aromatic carbocycles. The molecule has 0 amide bonds. The van der Waals surface area contributed by atoms with E-state index in [1.165, 1.54) is 21.3 Å². The van der Waals surface area contributed by atoms with Crippen molar-refractivity contribution in [3.8, 4) is 22.6 Å². The molecule has 0 heterocycles. The van der Waals surface area contributed by atoms with Crippen LogP contribution < -0.4 is 14.9 Å². The van der Waals surface area contributed by atoms with Crippen molar-refractivity contribution in [3.63, 3.8) is 0 Å². The Kier molecular flexibility index (Phi) is 6.22. The van der Waals surface area contributed by atoms with Crippen molar-refractivity contribution in [1.29, 1.82) is 0 Å². The second-order valence-corrected chi connectivity index (χ2v) is 7.14. The van der Waals surface area contributed by atoms with Gasteiger partial charge in [0.05, 0.1) is 32.6 Å². The lowest BCUT2D eigenvalue weighted by atomic mass is 10.1. The van der Waals surface area contributed by atoms with Gasteiger partial charge in [-0.05, 0) is 29.3 Å². The number of rotatable bonds is 7. The fraction of sp³-hybridized carbons (Fsp3) is 0.115. The van der Waals surface area contributed by atoms with Crippen molar-refractivity contribution in [2.75, 3.05) is 21.3 Å². The molecule has 7 nitrogen and oxygen atoms in total. The van der Waals surface area contributed by atoms with Crippen molar-refractivity contribution in [2.45, 2.75) is 0 Å². The van der Waals surface area contributed by atoms with Crippen LogP contribution in [0, 0.1) is 0 Å². The average Bonchev–Trinajstić information content (AvgIpc) is 3.19. The number of hydrogen-bond donors (Lipinski definition) is 1. The summed E-state index contributed by atoms with van der Waals surface area (Å²) in [6, 6.07) is 20.6. The van der Waals surface area contributed by atoms with E-state index in [9.17, 15) is 9.59 Å². The van der Waals surface area contributed by atoms with E-state index in [0.717, 1.165) is 28.3 Å². The molecule has 4 rings (SSSR count). The molecule has 0 atom stereocenters. The monoisotopic (exact) mass is 442 g/mol. The summed E-state index contributed by atoms with van der Waals surface area (Å²) in [7, 11) is 4.20. The topological polar surface area (TPSA) is 86.2 Å². The Labute approximate surface area is 191 Å². The summed E-state index contributed by atoms with van der Waals surface area (Å²) in [4.78, 5) is 25.4. The largest absolute Gasteiger partial charge is 0.497 e. The van der Waals surface area contributed by atoms with Gasteiger partial charge in [-0.3, -0.25) is 10.2 Å². The van der Waals surface area contributed by atoms with Gasteiger partial charge in [-0.25, -0.2) is 4.79 Å². The van der Waals surface area contributed by atoms with Crippen LogP contribution in [0.1, 0.15) is 21.5 Å². The number of ether oxygens (including phenoxy) is 3. The first-order valence-corrected chi connectivity index (χ1v) is 10.2. The van der Waals surface area contributed by atoms with Crippen molar-refractivity contribution in [2.24, 2.45) is 5.10 Å². The Morgan fingerprint density at radius 3 is 1.97 bits per heavy atom. The fourth-order valence-electron chi connectivity index (χ4n) is 3.69. The number of carbonyl (C=O) groups excluding carboxylic acids is 2. The summed E-state index contributed by atoms with van der Waals surface area (Å²) in [5.41, 5.74) is 7.50. The highest BCUT2D eigenvalue weighted by molar-refractivity contribution is 6.24. The number of ketones is 1. The summed E-state index contributed by atoms with van der Waals surface area (Å²) in [6.45, 7) is 0. The first kappa shape index (κ1) is 21.8. The smallest absolute Gasteiger partial charge is 0.356 e. The zero-order valence-corrected chi connectivity index (χ0v) is 18.4. The highest BCUT2D eigenvalue weighted by atomic mass is 16.5. The van der Waals surface area contributed by atoms with Gasteiger partial charge in [0.1, 0.15) is 17.2 Å². The summed E-state index contributed by atoms with van der Waals surface area (Å²) >= 11 is 0. The van der Waals surface area contributed by atoms with Crippen molar-refractivity contribution in [1.82, 2.24) is 5.43 Å². The third-order valence-corrected chi connectivity index (χ3v) is 5.30. The molecule has 1 aliphatic carbocycles. The standard InChI is InChI=1S/C26H22N2O5/c1-31-16-12-13-24(32-2)21(14-16)23(29)15-22(26(30)33-3)27-28-25-19-10-6-4-8-17(19)18-9-5-7-11-20(18)25/h4-15,27H,1-3H3. The normalized spacial score (nSPS) is 11.8. The number of benzene rings is 3. The number of nitrogens with one attached hydrogen (secondary N) is 1. The van der Waals surface area contributed by atoms with E-state index in [1.54, 1.807) is 18.2 Å². The lowest BCUT2D eigenvalue weighted by Gasteiger charge is -2.10. The summed E-state index contributed by atoms with van der Waals surface area (Å²) in [5.74, 6) is -0.356. The first-order valence-electron chi connectivity index (χ1n) is 10.2.